The number of anilines is 1. The molecule has 70 valence electrons. The molecular formula is C11H14ClN. The van der Waals surface area contributed by atoms with E-state index < -0.39 is 0 Å². The number of fused-ring (bicyclic) bond motifs is 1. The maximum absolute atomic E-state index is 5.99. The maximum atomic E-state index is 5.99. The van der Waals surface area contributed by atoms with Gasteiger partial charge in [-0.05, 0) is 49.9 Å². The molecule has 13 heavy (non-hydrogen) atoms. The van der Waals surface area contributed by atoms with Crippen LogP contribution in [0.15, 0.2) is 12.1 Å². The van der Waals surface area contributed by atoms with Gasteiger partial charge in [0.25, 0.3) is 0 Å². The van der Waals surface area contributed by atoms with Crippen LogP contribution in [0.2, 0.25) is 5.02 Å². The minimum absolute atomic E-state index is 0.590. The van der Waals surface area contributed by atoms with E-state index in [1.165, 1.54) is 23.2 Å². The van der Waals surface area contributed by atoms with Crippen LogP contribution in [0.5, 0.6) is 0 Å². The molecule has 1 aliphatic rings. The molecule has 1 heterocycles. The van der Waals surface area contributed by atoms with Crippen LogP contribution in [-0.2, 0) is 6.42 Å². The van der Waals surface area contributed by atoms with E-state index in [9.17, 15) is 0 Å². The number of hydrogen-bond donors (Lipinski definition) is 1. The number of halogens is 1. The maximum Gasteiger partial charge on any atom is 0.0412 e. The minimum atomic E-state index is 0.590. The second kappa shape index (κ2) is 3.22. The van der Waals surface area contributed by atoms with Crippen molar-refractivity contribution in [2.24, 2.45) is 0 Å². The van der Waals surface area contributed by atoms with E-state index in [2.05, 4.69) is 25.2 Å². The van der Waals surface area contributed by atoms with Gasteiger partial charge in [-0.1, -0.05) is 11.6 Å². The van der Waals surface area contributed by atoms with Gasteiger partial charge in [0, 0.05) is 16.8 Å². The molecule has 0 aromatic heterocycles. The predicted molar refractivity (Wildman–Crippen MR) is 57.6 cm³/mol. The molecular weight excluding hydrogens is 182 g/mol. The van der Waals surface area contributed by atoms with Gasteiger partial charge in [-0.3, -0.25) is 0 Å². The van der Waals surface area contributed by atoms with Gasteiger partial charge < -0.3 is 5.32 Å². The first kappa shape index (κ1) is 8.89. The molecule has 0 aliphatic carbocycles. The summed E-state index contributed by atoms with van der Waals surface area (Å²) in [4.78, 5) is 0. The lowest BCUT2D eigenvalue weighted by Crippen LogP contribution is -2.22. The monoisotopic (exact) mass is 195 g/mol. The standard InChI is InChI=1S/C11H14ClN/c1-7-5-10(12)6-9-4-3-8(2)13-11(7)9/h5-6,8,13H,3-4H2,1-2H3/t8-/m0/s1. The van der Waals surface area contributed by atoms with Crippen LogP contribution in [-0.4, -0.2) is 6.04 Å². The zero-order chi connectivity index (χ0) is 9.42. The highest BCUT2D eigenvalue weighted by Gasteiger charge is 2.15. The van der Waals surface area contributed by atoms with Crippen LogP contribution >= 0.6 is 11.6 Å². The molecule has 1 aliphatic heterocycles. The summed E-state index contributed by atoms with van der Waals surface area (Å²) in [5.74, 6) is 0. The quantitative estimate of drug-likeness (QED) is 0.669. The summed E-state index contributed by atoms with van der Waals surface area (Å²) in [5.41, 5.74) is 3.92. The fraction of sp³-hybridized carbons (Fsp3) is 0.455. The van der Waals surface area contributed by atoms with Crippen LogP contribution in [0.1, 0.15) is 24.5 Å². The lowest BCUT2D eigenvalue weighted by Gasteiger charge is -2.25. The summed E-state index contributed by atoms with van der Waals surface area (Å²) in [5, 5.41) is 4.35. The van der Waals surface area contributed by atoms with E-state index in [-0.39, 0.29) is 0 Å². The van der Waals surface area contributed by atoms with E-state index in [1.54, 1.807) is 0 Å². The number of benzene rings is 1. The number of aryl methyl sites for hydroxylation is 2. The molecule has 0 unspecified atom stereocenters. The van der Waals surface area contributed by atoms with Crippen molar-refractivity contribution in [1.29, 1.82) is 0 Å². The lowest BCUT2D eigenvalue weighted by molar-refractivity contribution is 0.679. The highest BCUT2D eigenvalue weighted by atomic mass is 35.5. The van der Waals surface area contributed by atoms with Crippen molar-refractivity contribution in [2.75, 3.05) is 5.32 Å². The third kappa shape index (κ3) is 1.66. The Kier molecular flexibility index (Phi) is 2.20. The second-order valence-corrected chi connectivity index (χ2v) is 4.28. The molecule has 1 atom stereocenters. The van der Waals surface area contributed by atoms with Crippen LogP contribution in [0.4, 0.5) is 5.69 Å². The van der Waals surface area contributed by atoms with Crippen molar-refractivity contribution in [3.8, 4) is 0 Å². The van der Waals surface area contributed by atoms with Gasteiger partial charge in [0.05, 0.1) is 0 Å². The van der Waals surface area contributed by atoms with E-state index in [0.717, 1.165) is 11.4 Å². The molecule has 2 heteroatoms. The van der Waals surface area contributed by atoms with Gasteiger partial charge in [-0.25, -0.2) is 0 Å². The SMILES string of the molecule is Cc1cc(Cl)cc2c1N[C@@H](C)CC2. The zero-order valence-corrected chi connectivity index (χ0v) is 8.78. The number of nitrogens with one attached hydrogen (secondary N) is 1. The van der Waals surface area contributed by atoms with Crippen LogP contribution in [0.25, 0.3) is 0 Å². The van der Waals surface area contributed by atoms with Gasteiger partial charge in [-0.2, -0.15) is 0 Å². The van der Waals surface area contributed by atoms with E-state index in [4.69, 9.17) is 11.6 Å². The van der Waals surface area contributed by atoms with Crippen molar-refractivity contribution in [3.05, 3.63) is 28.3 Å². The first-order chi connectivity index (χ1) is 6.16. The summed E-state index contributed by atoms with van der Waals surface area (Å²) in [6, 6.07) is 4.68. The summed E-state index contributed by atoms with van der Waals surface area (Å²) in [7, 11) is 0. The largest absolute Gasteiger partial charge is 0.382 e. The smallest absolute Gasteiger partial charge is 0.0412 e. The lowest BCUT2D eigenvalue weighted by atomic mass is 9.96. The Morgan fingerprint density at radius 1 is 1.46 bits per heavy atom. The molecule has 0 radical (unpaired) electrons. The van der Waals surface area contributed by atoms with Crippen molar-refractivity contribution in [3.63, 3.8) is 0 Å². The average Bonchev–Trinajstić information content (AvgIpc) is 2.06. The topological polar surface area (TPSA) is 12.0 Å². The fourth-order valence-corrected chi connectivity index (χ4v) is 2.20. The Hall–Kier alpha value is -0.690. The van der Waals surface area contributed by atoms with Crippen LogP contribution in [0, 0.1) is 6.92 Å². The molecule has 1 N–H and O–H groups in total. The van der Waals surface area contributed by atoms with Crippen LogP contribution in [0.3, 0.4) is 0 Å². The van der Waals surface area contributed by atoms with Gasteiger partial charge >= 0.3 is 0 Å². The van der Waals surface area contributed by atoms with E-state index in [0.29, 0.717) is 6.04 Å². The van der Waals surface area contributed by atoms with Crippen LogP contribution < -0.4 is 5.32 Å². The normalized spacial score (nSPS) is 20.7. The van der Waals surface area contributed by atoms with Gasteiger partial charge in [0.1, 0.15) is 0 Å². The van der Waals surface area contributed by atoms with E-state index >= 15 is 0 Å². The molecule has 0 saturated carbocycles. The molecule has 0 saturated heterocycles. The Morgan fingerprint density at radius 3 is 3.00 bits per heavy atom. The Bertz CT molecular complexity index is 333. The molecule has 0 fully saturated rings. The Morgan fingerprint density at radius 2 is 2.23 bits per heavy atom. The first-order valence-electron chi connectivity index (χ1n) is 4.72. The summed E-state index contributed by atoms with van der Waals surface area (Å²) < 4.78 is 0. The highest BCUT2D eigenvalue weighted by molar-refractivity contribution is 6.30. The molecule has 1 nitrogen and oxygen atoms in total. The molecule has 0 amide bonds. The Balaban J connectivity index is 2.47. The van der Waals surface area contributed by atoms with Crippen molar-refractivity contribution < 1.29 is 0 Å². The van der Waals surface area contributed by atoms with Gasteiger partial charge in [0.2, 0.25) is 0 Å². The highest BCUT2D eigenvalue weighted by Crippen LogP contribution is 2.30. The molecule has 2 rings (SSSR count). The molecule has 0 bridgehead atoms. The Labute approximate surface area is 84.1 Å². The number of hydrogen-bond acceptors (Lipinski definition) is 1. The molecule has 1 aromatic carbocycles. The van der Waals surface area contributed by atoms with Crippen molar-refractivity contribution >= 4 is 17.3 Å². The molecule has 1 aromatic rings. The van der Waals surface area contributed by atoms with Gasteiger partial charge in [-0.15, -0.1) is 0 Å². The minimum Gasteiger partial charge on any atom is -0.382 e. The molecule has 0 spiro atoms. The van der Waals surface area contributed by atoms with Crippen molar-refractivity contribution in [1.82, 2.24) is 0 Å². The second-order valence-electron chi connectivity index (χ2n) is 3.84. The third-order valence-corrected chi connectivity index (χ3v) is 2.84. The summed E-state index contributed by atoms with van der Waals surface area (Å²) in [6.45, 7) is 4.33. The fourth-order valence-electron chi connectivity index (χ4n) is 1.91. The zero-order valence-electron chi connectivity index (χ0n) is 8.02. The average molecular weight is 196 g/mol. The predicted octanol–water partition coefficient (Wildman–Crippen LogP) is 3.40. The number of rotatable bonds is 0. The summed E-state index contributed by atoms with van der Waals surface area (Å²) >= 11 is 5.99. The van der Waals surface area contributed by atoms with E-state index in [1.807, 2.05) is 6.07 Å². The van der Waals surface area contributed by atoms with Gasteiger partial charge in [0.15, 0.2) is 0 Å². The third-order valence-electron chi connectivity index (χ3n) is 2.62. The first-order valence-corrected chi connectivity index (χ1v) is 5.10. The van der Waals surface area contributed by atoms with Crippen molar-refractivity contribution in [2.45, 2.75) is 32.7 Å². The summed E-state index contributed by atoms with van der Waals surface area (Å²) in [6.07, 6.45) is 2.34.